The molecule has 2 aliphatic rings. The van der Waals surface area contributed by atoms with Gasteiger partial charge in [0.1, 0.15) is 5.75 Å². The van der Waals surface area contributed by atoms with Gasteiger partial charge in [-0.3, -0.25) is 9.59 Å². The summed E-state index contributed by atoms with van der Waals surface area (Å²) in [6.07, 6.45) is 0.437. The zero-order valence-electron chi connectivity index (χ0n) is 14.5. The minimum absolute atomic E-state index is 0.0216. The second-order valence-corrected chi connectivity index (χ2v) is 7.75. The molecular formula is C18H22Cl2N2O4. The number of piperazine rings is 1. The normalized spacial score (nSPS) is 23.9. The highest BCUT2D eigenvalue weighted by molar-refractivity contribution is 6.42. The van der Waals surface area contributed by atoms with Crippen LogP contribution in [0.15, 0.2) is 12.1 Å². The van der Waals surface area contributed by atoms with Gasteiger partial charge in [-0.2, -0.15) is 0 Å². The number of phenols is 1. The predicted molar refractivity (Wildman–Crippen MR) is 98.5 cm³/mol. The number of carbonyl (C=O) groups excluding carboxylic acids is 2. The van der Waals surface area contributed by atoms with E-state index in [0.29, 0.717) is 41.5 Å². The molecule has 2 heterocycles. The third kappa shape index (κ3) is 3.63. The molecule has 142 valence electrons. The van der Waals surface area contributed by atoms with Gasteiger partial charge in [-0.25, -0.2) is 0 Å². The van der Waals surface area contributed by atoms with Crippen molar-refractivity contribution in [3.63, 3.8) is 0 Å². The van der Waals surface area contributed by atoms with Crippen molar-refractivity contribution in [3.8, 4) is 5.75 Å². The number of nitrogens with zero attached hydrogens (tertiary/aromatic N) is 2. The summed E-state index contributed by atoms with van der Waals surface area (Å²) < 4.78 is 0. The van der Waals surface area contributed by atoms with E-state index in [-0.39, 0.29) is 42.5 Å². The van der Waals surface area contributed by atoms with Gasteiger partial charge in [-0.15, -0.1) is 0 Å². The van der Waals surface area contributed by atoms with Crippen molar-refractivity contribution in [2.24, 2.45) is 0 Å². The molecule has 0 bridgehead atoms. The SMILES string of the molecule is CC[C@@H](O)CC(=O)N1CC(=O)N2C[C@@H](c3c(O)ccc(Cl)c3Cl)C[C@H]2C1. The first kappa shape index (κ1) is 19.3. The number of phenolic OH excluding ortho intramolecular Hbond substituents is 1. The van der Waals surface area contributed by atoms with Gasteiger partial charge >= 0.3 is 0 Å². The minimum Gasteiger partial charge on any atom is -0.508 e. The molecule has 8 heteroatoms. The molecule has 1 aromatic carbocycles. The summed E-state index contributed by atoms with van der Waals surface area (Å²) >= 11 is 12.3. The molecule has 2 aliphatic heterocycles. The Balaban J connectivity index is 1.76. The molecular weight excluding hydrogens is 379 g/mol. The van der Waals surface area contributed by atoms with E-state index in [1.807, 2.05) is 6.92 Å². The quantitative estimate of drug-likeness (QED) is 0.812. The second kappa shape index (κ2) is 7.62. The Morgan fingerprint density at radius 1 is 1.35 bits per heavy atom. The highest BCUT2D eigenvalue weighted by Gasteiger charge is 2.43. The maximum atomic E-state index is 12.5. The standard InChI is InChI=1S/C18H22Cl2N2O4/c1-2-12(23)6-15(25)21-8-11-5-10(7-22(11)16(26)9-21)17-14(24)4-3-13(19)18(17)20/h3-4,10-12,23-24H,2,5-9H2,1H3/t10-,11-,12+/m0/s1. The largest absolute Gasteiger partial charge is 0.508 e. The van der Waals surface area contributed by atoms with Gasteiger partial charge in [-0.05, 0) is 25.0 Å². The van der Waals surface area contributed by atoms with Gasteiger partial charge < -0.3 is 20.0 Å². The van der Waals surface area contributed by atoms with E-state index >= 15 is 0 Å². The van der Waals surface area contributed by atoms with Crippen LogP contribution in [0.4, 0.5) is 0 Å². The van der Waals surface area contributed by atoms with E-state index in [0.717, 1.165) is 0 Å². The van der Waals surface area contributed by atoms with Crippen LogP contribution in [0.5, 0.6) is 5.75 Å². The Hall–Kier alpha value is -1.50. The molecule has 0 saturated carbocycles. The number of amides is 2. The van der Waals surface area contributed by atoms with Crippen LogP contribution in [0.25, 0.3) is 0 Å². The summed E-state index contributed by atoms with van der Waals surface area (Å²) in [5.74, 6) is -0.401. The van der Waals surface area contributed by atoms with E-state index in [2.05, 4.69) is 0 Å². The van der Waals surface area contributed by atoms with Crippen molar-refractivity contribution in [3.05, 3.63) is 27.7 Å². The number of fused-ring (bicyclic) bond motifs is 1. The van der Waals surface area contributed by atoms with Crippen molar-refractivity contribution < 1.29 is 19.8 Å². The first-order valence-electron chi connectivity index (χ1n) is 8.74. The van der Waals surface area contributed by atoms with Crippen LogP contribution in [0.2, 0.25) is 10.0 Å². The summed E-state index contributed by atoms with van der Waals surface area (Å²) in [7, 11) is 0. The molecule has 0 aliphatic carbocycles. The first-order chi connectivity index (χ1) is 12.3. The Labute approximate surface area is 162 Å². The number of aliphatic hydroxyl groups excluding tert-OH is 1. The molecule has 0 spiro atoms. The average molecular weight is 401 g/mol. The Kier molecular flexibility index (Phi) is 5.65. The molecule has 0 unspecified atom stereocenters. The lowest BCUT2D eigenvalue weighted by molar-refractivity contribution is -0.148. The molecule has 26 heavy (non-hydrogen) atoms. The van der Waals surface area contributed by atoms with Crippen molar-refractivity contribution in [2.45, 2.75) is 44.2 Å². The van der Waals surface area contributed by atoms with Crippen molar-refractivity contribution in [1.82, 2.24) is 9.80 Å². The molecule has 0 aromatic heterocycles. The summed E-state index contributed by atoms with van der Waals surface area (Å²) in [5.41, 5.74) is 0.556. The summed E-state index contributed by atoms with van der Waals surface area (Å²) in [4.78, 5) is 28.1. The van der Waals surface area contributed by atoms with Gasteiger partial charge in [0.25, 0.3) is 0 Å². The molecule has 0 radical (unpaired) electrons. The molecule has 1 aromatic rings. The average Bonchev–Trinajstić information content (AvgIpc) is 3.02. The summed E-state index contributed by atoms with van der Waals surface area (Å²) in [6, 6.07) is 2.92. The second-order valence-electron chi connectivity index (χ2n) is 6.97. The molecule has 2 N–H and O–H groups in total. The fourth-order valence-corrected chi connectivity index (χ4v) is 4.27. The lowest BCUT2D eigenvalue weighted by Crippen LogP contribution is -2.55. The van der Waals surface area contributed by atoms with Gasteiger partial charge in [0.2, 0.25) is 11.8 Å². The molecule has 3 rings (SSSR count). The third-order valence-electron chi connectivity index (χ3n) is 5.24. The Bertz CT molecular complexity index is 727. The van der Waals surface area contributed by atoms with Gasteiger partial charge in [0.05, 0.1) is 35.2 Å². The van der Waals surface area contributed by atoms with Gasteiger partial charge in [0.15, 0.2) is 0 Å². The lowest BCUT2D eigenvalue weighted by atomic mass is 9.95. The van der Waals surface area contributed by atoms with E-state index in [1.165, 1.54) is 17.0 Å². The summed E-state index contributed by atoms with van der Waals surface area (Å²) in [6.45, 7) is 2.70. The maximum absolute atomic E-state index is 12.5. The van der Waals surface area contributed by atoms with Crippen LogP contribution in [-0.4, -0.2) is 63.6 Å². The number of rotatable bonds is 4. The predicted octanol–water partition coefficient (Wildman–Crippen LogP) is 2.39. The number of aliphatic hydroxyl groups is 1. The van der Waals surface area contributed by atoms with Gasteiger partial charge in [-0.1, -0.05) is 30.1 Å². The fraction of sp³-hybridized carbons (Fsp3) is 0.556. The third-order valence-corrected chi connectivity index (χ3v) is 6.06. The summed E-state index contributed by atoms with van der Waals surface area (Å²) in [5, 5.41) is 20.6. The molecule has 2 fully saturated rings. The van der Waals surface area contributed by atoms with Crippen LogP contribution >= 0.6 is 23.2 Å². The number of benzene rings is 1. The fourth-order valence-electron chi connectivity index (χ4n) is 3.79. The molecule has 6 nitrogen and oxygen atoms in total. The molecule has 3 atom stereocenters. The number of hydrogen-bond acceptors (Lipinski definition) is 4. The van der Waals surface area contributed by atoms with Gasteiger partial charge in [0, 0.05) is 24.6 Å². The number of hydrogen-bond donors (Lipinski definition) is 2. The number of carbonyl (C=O) groups is 2. The van der Waals surface area contributed by atoms with Crippen molar-refractivity contribution in [1.29, 1.82) is 0 Å². The van der Waals surface area contributed by atoms with Crippen LogP contribution in [0.3, 0.4) is 0 Å². The lowest BCUT2D eigenvalue weighted by Gasteiger charge is -2.37. The monoisotopic (exact) mass is 400 g/mol. The highest BCUT2D eigenvalue weighted by Crippen LogP contribution is 2.43. The van der Waals surface area contributed by atoms with E-state index in [9.17, 15) is 19.8 Å². The number of aromatic hydroxyl groups is 1. The minimum atomic E-state index is -0.686. The zero-order valence-corrected chi connectivity index (χ0v) is 16.0. The van der Waals surface area contributed by atoms with E-state index in [1.54, 1.807) is 4.90 Å². The first-order valence-corrected chi connectivity index (χ1v) is 9.49. The maximum Gasteiger partial charge on any atom is 0.242 e. The smallest absolute Gasteiger partial charge is 0.242 e. The van der Waals surface area contributed by atoms with Crippen molar-refractivity contribution >= 4 is 35.0 Å². The molecule has 2 saturated heterocycles. The van der Waals surface area contributed by atoms with Crippen LogP contribution in [-0.2, 0) is 9.59 Å². The van der Waals surface area contributed by atoms with Crippen LogP contribution < -0.4 is 0 Å². The topological polar surface area (TPSA) is 81.1 Å². The van der Waals surface area contributed by atoms with E-state index < -0.39 is 6.10 Å². The highest BCUT2D eigenvalue weighted by atomic mass is 35.5. The Morgan fingerprint density at radius 2 is 2.08 bits per heavy atom. The Morgan fingerprint density at radius 3 is 2.77 bits per heavy atom. The molecule has 2 amide bonds. The van der Waals surface area contributed by atoms with Crippen molar-refractivity contribution in [2.75, 3.05) is 19.6 Å². The number of halogens is 2. The van der Waals surface area contributed by atoms with Crippen LogP contribution in [0, 0.1) is 0 Å². The van der Waals surface area contributed by atoms with Crippen LogP contribution in [0.1, 0.15) is 37.7 Å². The van der Waals surface area contributed by atoms with E-state index in [4.69, 9.17) is 23.2 Å². The zero-order chi connectivity index (χ0) is 19.0.